The SMILES string of the molecule is O=C(O)Cc1ccc(NC(=O)/C=C/Cc2ccc(C(F)(F)F)cc2)cc1. The second kappa shape index (κ2) is 8.33. The normalized spacial score (nSPS) is 11.5. The van der Waals surface area contributed by atoms with Gasteiger partial charge in [0.15, 0.2) is 0 Å². The van der Waals surface area contributed by atoms with Gasteiger partial charge in [0, 0.05) is 5.69 Å². The standard InChI is InChI=1S/C19H16F3NO3/c20-19(21,22)15-8-4-13(5-9-15)2-1-3-17(24)23-16-10-6-14(7-11-16)12-18(25)26/h1,3-11H,2,12H2,(H,23,24)(H,25,26)/b3-1+. The van der Waals surface area contributed by atoms with Crippen molar-refractivity contribution in [3.05, 3.63) is 77.4 Å². The highest BCUT2D eigenvalue weighted by atomic mass is 19.4. The molecule has 0 aromatic heterocycles. The number of nitrogens with one attached hydrogen (secondary N) is 1. The maximum absolute atomic E-state index is 12.5. The number of aliphatic carboxylic acids is 1. The van der Waals surface area contributed by atoms with Gasteiger partial charge < -0.3 is 10.4 Å². The number of amides is 1. The third-order valence-electron chi connectivity index (χ3n) is 3.48. The van der Waals surface area contributed by atoms with Crippen LogP contribution in [0, 0.1) is 0 Å². The van der Waals surface area contributed by atoms with E-state index in [1.165, 1.54) is 18.2 Å². The number of hydrogen-bond acceptors (Lipinski definition) is 2. The van der Waals surface area contributed by atoms with Crippen LogP contribution < -0.4 is 5.32 Å². The number of carbonyl (C=O) groups is 2. The zero-order chi connectivity index (χ0) is 19.2. The molecular weight excluding hydrogens is 347 g/mol. The van der Waals surface area contributed by atoms with Crippen molar-refractivity contribution < 1.29 is 27.9 Å². The molecule has 0 atom stereocenters. The van der Waals surface area contributed by atoms with Crippen LogP contribution in [0.25, 0.3) is 0 Å². The van der Waals surface area contributed by atoms with Gasteiger partial charge in [-0.25, -0.2) is 0 Å². The van der Waals surface area contributed by atoms with E-state index in [1.54, 1.807) is 30.3 Å². The van der Waals surface area contributed by atoms with Crippen molar-refractivity contribution in [2.75, 3.05) is 5.32 Å². The Kier molecular flexibility index (Phi) is 6.16. The number of carboxylic acids is 1. The van der Waals surface area contributed by atoms with Crippen LogP contribution in [0.5, 0.6) is 0 Å². The average Bonchev–Trinajstić information content (AvgIpc) is 2.56. The van der Waals surface area contributed by atoms with Crippen LogP contribution in [0.2, 0.25) is 0 Å². The van der Waals surface area contributed by atoms with E-state index in [1.807, 2.05) is 0 Å². The Morgan fingerprint density at radius 2 is 1.54 bits per heavy atom. The highest BCUT2D eigenvalue weighted by molar-refractivity contribution is 5.99. The number of hydrogen-bond donors (Lipinski definition) is 2. The van der Waals surface area contributed by atoms with Gasteiger partial charge in [-0.1, -0.05) is 30.3 Å². The molecule has 0 aliphatic rings. The van der Waals surface area contributed by atoms with Crippen LogP contribution in [0.15, 0.2) is 60.7 Å². The fourth-order valence-corrected chi connectivity index (χ4v) is 2.20. The highest BCUT2D eigenvalue weighted by Crippen LogP contribution is 2.29. The van der Waals surface area contributed by atoms with Gasteiger partial charge in [0.25, 0.3) is 0 Å². The molecule has 2 N–H and O–H groups in total. The maximum Gasteiger partial charge on any atom is 0.416 e. The summed E-state index contributed by atoms with van der Waals surface area (Å²) in [5, 5.41) is 11.3. The van der Waals surface area contributed by atoms with Gasteiger partial charge in [-0.05, 0) is 47.9 Å². The number of benzene rings is 2. The Bertz CT molecular complexity index is 794. The van der Waals surface area contributed by atoms with E-state index in [4.69, 9.17) is 5.11 Å². The summed E-state index contributed by atoms with van der Waals surface area (Å²) in [6.45, 7) is 0. The molecule has 26 heavy (non-hydrogen) atoms. The van der Waals surface area contributed by atoms with Crippen molar-refractivity contribution in [3.8, 4) is 0 Å². The summed E-state index contributed by atoms with van der Waals surface area (Å²) in [4.78, 5) is 22.4. The summed E-state index contributed by atoms with van der Waals surface area (Å²) in [5.74, 6) is -1.32. The lowest BCUT2D eigenvalue weighted by atomic mass is 10.1. The summed E-state index contributed by atoms with van der Waals surface area (Å²) in [7, 11) is 0. The van der Waals surface area contributed by atoms with Gasteiger partial charge in [-0.2, -0.15) is 13.2 Å². The lowest BCUT2D eigenvalue weighted by molar-refractivity contribution is -0.138. The second-order valence-corrected chi connectivity index (χ2v) is 5.56. The van der Waals surface area contributed by atoms with Gasteiger partial charge in [0.2, 0.25) is 5.91 Å². The molecule has 2 aromatic rings. The molecule has 0 bridgehead atoms. The van der Waals surface area contributed by atoms with Gasteiger partial charge in [0.05, 0.1) is 12.0 Å². The molecule has 4 nitrogen and oxygen atoms in total. The predicted octanol–water partition coefficient (Wildman–Crippen LogP) is 4.07. The van der Waals surface area contributed by atoms with Crippen LogP contribution in [-0.4, -0.2) is 17.0 Å². The number of allylic oxidation sites excluding steroid dienone is 1. The molecule has 0 saturated carbocycles. The Morgan fingerprint density at radius 3 is 2.08 bits per heavy atom. The summed E-state index contributed by atoms with van der Waals surface area (Å²) in [6.07, 6.45) is -1.29. The Balaban J connectivity index is 1.86. The molecule has 0 saturated heterocycles. The summed E-state index contributed by atoms with van der Waals surface area (Å²) in [5.41, 5.74) is 1.08. The van der Waals surface area contributed by atoms with Gasteiger partial charge in [0.1, 0.15) is 0 Å². The van der Waals surface area contributed by atoms with Crippen LogP contribution in [0.4, 0.5) is 18.9 Å². The third-order valence-corrected chi connectivity index (χ3v) is 3.48. The zero-order valence-corrected chi connectivity index (χ0v) is 13.6. The smallest absolute Gasteiger partial charge is 0.416 e. The average molecular weight is 363 g/mol. The molecule has 0 unspecified atom stereocenters. The Morgan fingerprint density at radius 1 is 0.962 bits per heavy atom. The molecule has 0 spiro atoms. The number of alkyl halides is 3. The third kappa shape index (κ3) is 6.08. The molecule has 7 heteroatoms. The van der Waals surface area contributed by atoms with Crippen LogP contribution >= 0.6 is 0 Å². The van der Waals surface area contributed by atoms with E-state index in [0.717, 1.165) is 12.1 Å². The van der Waals surface area contributed by atoms with Crippen molar-refractivity contribution >= 4 is 17.6 Å². The lowest BCUT2D eigenvalue weighted by Crippen LogP contribution is -2.08. The largest absolute Gasteiger partial charge is 0.481 e. The second-order valence-electron chi connectivity index (χ2n) is 5.56. The number of anilines is 1. The molecule has 2 aromatic carbocycles. The fraction of sp³-hybridized carbons (Fsp3) is 0.158. The van der Waals surface area contributed by atoms with Crippen molar-refractivity contribution in [3.63, 3.8) is 0 Å². The molecule has 0 radical (unpaired) electrons. The number of rotatable bonds is 6. The van der Waals surface area contributed by atoms with E-state index in [0.29, 0.717) is 23.2 Å². The molecule has 1 amide bonds. The van der Waals surface area contributed by atoms with Gasteiger partial charge in [-0.3, -0.25) is 9.59 Å². The van der Waals surface area contributed by atoms with E-state index in [2.05, 4.69) is 5.32 Å². The van der Waals surface area contributed by atoms with Crippen LogP contribution in [0.1, 0.15) is 16.7 Å². The monoisotopic (exact) mass is 363 g/mol. The lowest BCUT2D eigenvalue weighted by Gasteiger charge is -2.06. The van der Waals surface area contributed by atoms with Gasteiger partial charge >= 0.3 is 12.1 Å². The quantitative estimate of drug-likeness (QED) is 0.761. The molecule has 2 rings (SSSR count). The molecule has 0 fully saturated rings. The summed E-state index contributed by atoms with van der Waals surface area (Å²) >= 11 is 0. The summed E-state index contributed by atoms with van der Waals surface area (Å²) in [6, 6.07) is 11.1. The Labute approximate surface area is 148 Å². The molecule has 0 heterocycles. The maximum atomic E-state index is 12.5. The minimum Gasteiger partial charge on any atom is -0.481 e. The minimum absolute atomic E-state index is 0.0960. The zero-order valence-electron chi connectivity index (χ0n) is 13.6. The first-order valence-electron chi connectivity index (χ1n) is 7.68. The van der Waals surface area contributed by atoms with Crippen molar-refractivity contribution in [2.24, 2.45) is 0 Å². The number of carboxylic acid groups (broad SMARTS) is 1. The molecule has 0 aliphatic heterocycles. The van der Waals surface area contributed by atoms with Crippen LogP contribution in [0.3, 0.4) is 0 Å². The van der Waals surface area contributed by atoms with Crippen molar-refractivity contribution in [1.82, 2.24) is 0 Å². The first-order valence-corrected chi connectivity index (χ1v) is 7.68. The topological polar surface area (TPSA) is 66.4 Å². The van der Waals surface area contributed by atoms with E-state index in [9.17, 15) is 22.8 Å². The molecule has 136 valence electrons. The van der Waals surface area contributed by atoms with E-state index >= 15 is 0 Å². The minimum atomic E-state index is -4.37. The van der Waals surface area contributed by atoms with Crippen molar-refractivity contribution in [2.45, 2.75) is 19.0 Å². The number of halogens is 3. The Hall–Kier alpha value is -3.09. The number of carbonyl (C=O) groups excluding carboxylic acids is 1. The first-order chi connectivity index (χ1) is 12.2. The van der Waals surface area contributed by atoms with Gasteiger partial charge in [-0.15, -0.1) is 0 Å². The predicted molar refractivity (Wildman–Crippen MR) is 90.7 cm³/mol. The molecule has 0 aliphatic carbocycles. The summed E-state index contributed by atoms with van der Waals surface area (Å²) < 4.78 is 37.4. The molecular formula is C19H16F3NO3. The van der Waals surface area contributed by atoms with Crippen molar-refractivity contribution in [1.29, 1.82) is 0 Å². The van der Waals surface area contributed by atoms with E-state index < -0.39 is 17.7 Å². The first kappa shape index (κ1) is 19.2. The van der Waals surface area contributed by atoms with E-state index in [-0.39, 0.29) is 12.3 Å². The highest BCUT2D eigenvalue weighted by Gasteiger charge is 2.29. The van der Waals surface area contributed by atoms with Crippen LogP contribution in [-0.2, 0) is 28.6 Å². The fourth-order valence-electron chi connectivity index (χ4n) is 2.20.